The zero-order valence-electron chi connectivity index (χ0n) is 25.7. The van der Waals surface area contributed by atoms with E-state index in [0.717, 1.165) is 5.57 Å². The molecule has 46 heavy (non-hydrogen) atoms. The third kappa shape index (κ3) is 12.0. The maximum absolute atomic E-state index is 12.9. The quantitative estimate of drug-likeness (QED) is 0.0775. The van der Waals surface area contributed by atoms with Gasteiger partial charge in [-0.25, -0.2) is 4.98 Å². The lowest BCUT2D eigenvalue weighted by Crippen LogP contribution is -2.32. The van der Waals surface area contributed by atoms with E-state index in [9.17, 15) is 34.8 Å². The molecule has 0 aliphatic heterocycles. The number of anilines is 1. The molecule has 0 aliphatic carbocycles. The average molecular weight is 707 g/mol. The molecule has 0 spiro atoms. The van der Waals surface area contributed by atoms with Gasteiger partial charge in [-0.3, -0.25) is 23.2 Å². The molecule has 2 aromatic rings. The van der Waals surface area contributed by atoms with Crippen molar-refractivity contribution in [3.63, 3.8) is 0 Å². The molecule has 0 saturated carbocycles. The van der Waals surface area contributed by atoms with E-state index in [1.165, 1.54) is 19.2 Å². The molecule has 0 bridgehead atoms. The summed E-state index contributed by atoms with van der Waals surface area (Å²) >= 11 is 0. The molecule has 0 unspecified atom stereocenters. The summed E-state index contributed by atoms with van der Waals surface area (Å²) < 4.78 is 99.5. The van der Waals surface area contributed by atoms with Gasteiger partial charge in [0.05, 0.1) is 30.1 Å². The van der Waals surface area contributed by atoms with E-state index in [1.54, 1.807) is 19.1 Å². The van der Waals surface area contributed by atoms with Crippen molar-refractivity contribution in [2.75, 3.05) is 49.3 Å². The summed E-state index contributed by atoms with van der Waals surface area (Å²) in [6, 6.07) is 5.96. The van der Waals surface area contributed by atoms with Gasteiger partial charge in [-0.15, -0.1) is 0 Å². The molecule has 1 aromatic heterocycles. The van der Waals surface area contributed by atoms with E-state index in [4.69, 9.17) is 18.4 Å². The lowest BCUT2D eigenvalue weighted by molar-refractivity contribution is 0.0947. The van der Waals surface area contributed by atoms with Crippen LogP contribution in [0.25, 0.3) is 11.1 Å². The number of carbonyl (C=O) groups excluding carboxylic acids is 2. The summed E-state index contributed by atoms with van der Waals surface area (Å²) in [6.45, 7) is 8.85. The number of nitrogens with zero attached hydrogens (tertiary/aromatic N) is 1. The van der Waals surface area contributed by atoms with Crippen molar-refractivity contribution in [3.05, 3.63) is 53.4 Å². The largest absolute Gasteiger partial charge is 0.495 e. The molecule has 0 fully saturated rings. The lowest BCUT2D eigenvalue weighted by Gasteiger charge is -2.30. The number of hydrogen-bond acceptors (Lipinski definition) is 11. The number of hydrogen-bond donors (Lipinski definition) is 6. The first-order chi connectivity index (χ1) is 21.0. The SMILES string of the molecule is C=C(C)C(C)(C)c1cc(-c2cc(C(=O)NCCS(=O)(=O)O)nc(C(=O)NCCS(=O)(=O)O)c2)cc(OC)c1NCCCS(=O)(=O)O. The van der Waals surface area contributed by atoms with Gasteiger partial charge in [0.15, 0.2) is 0 Å². The number of benzene rings is 1. The average Bonchev–Trinajstić information content (AvgIpc) is 2.92. The van der Waals surface area contributed by atoms with Gasteiger partial charge in [0.1, 0.15) is 17.1 Å². The number of carbonyl (C=O) groups is 2. The van der Waals surface area contributed by atoms with Crippen LogP contribution in [0, 0.1) is 0 Å². The first-order valence-corrected chi connectivity index (χ1v) is 18.4. The Balaban J connectivity index is 2.70. The summed E-state index contributed by atoms with van der Waals surface area (Å²) in [4.78, 5) is 29.9. The monoisotopic (exact) mass is 706 g/mol. The minimum atomic E-state index is -4.39. The first-order valence-electron chi connectivity index (χ1n) is 13.6. The lowest BCUT2D eigenvalue weighted by atomic mass is 9.77. The third-order valence-electron chi connectivity index (χ3n) is 6.86. The van der Waals surface area contributed by atoms with Crippen LogP contribution in [0.3, 0.4) is 0 Å². The highest BCUT2D eigenvalue weighted by Gasteiger charge is 2.28. The number of pyridine rings is 1. The molecule has 1 heterocycles. The zero-order chi connectivity index (χ0) is 35.1. The Morgan fingerprint density at radius 3 is 1.67 bits per heavy atom. The predicted octanol–water partition coefficient (Wildman–Crippen LogP) is 1.54. The Morgan fingerprint density at radius 2 is 1.26 bits per heavy atom. The van der Waals surface area contributed by atoms with Crippen molar-refractivity contribution in [1.82, 2.24) is 15.6 Å². The molecular formula is C27H38N4O12S3. The number of methoxy groups -OCH3 is 1. The summed E-state index contributed by atoms with van der Waals surface area (Å²) in [6.07, 6.45) is 0.0765. The maximum Gasteiger partial charge on any atom is 0.269 e. The molecule has 0 saturated heterocycles. The topological polar surface area (TPSA) is 255 Å². The third-order valence-corrected chi connectivity index (χ3v) is 9.10. The second kappa shape index (κ2) is 15.3. The van der Waals surface area contributed by atoms with Crippen LogP contribution in [0.15, 0.2) is 36.4 Å². The predicted molar refractivity (Wildman–Crippen MR) is 171 cm³/mol. The number of nitrogens with one attached hydrogen (secondary N) is 3. The van der Waals surface area contributed by atoms with Gasteiger partial charge >= 0.3 is 0 Å². The molecule has 1 aromatic carbocycles. The normalized spacial score (nSPS) is 12.3. The van der Waals surface area contributed by atoms with Gasteiger partial charge < -0.3 is 20.7 Å². The van der Waals surface area contributed by atoms with Crippen molar-refractivity contribution in [2.45, 2.75) is 32.6 Å². The molecule has 16 nitrogen and oxygen atoms in total. The fourth-order valence-electron chi connectivity index (χ4n) is 4.01. The minimum Gasteiger partial charge on any atom is -0.495 e. The summed E-state index contributed by atoms with van der Waals surface area (Å²) in [5, 5.41) is 7.74. The number of ether oxygens (including phenoxy) is 1. The first kappa shape index (κ1) is 38.6. The van der Waals surface area contributed by atoms with E-state index < -0.39 is 77.9 Å². The van der Waals surface area contributed by atoms with Crippen LogP contribution in [0.4, 0.5) is 5.69 Å². The van der Waals surface area contributed by atoms with E-state index in [2.05, 4.69) is 27.5 Å². The van der Waals surface area contributed by atoms with E-state index in [1.807, 2.05) is 13.8 Å². The van der Waals surface area contributed by atoms with E-state index >= 15 is 0 Å². The van der Waals surface area contributed by atoms with Crippen molar-refractivity contribution < 1.29 is 53.2 Å². The maximum atomic E-state index is 12.9. The summed E-state index contributed by atoms with van der Waals surface area (Å²) in [5.41, 5.74) is 1.20. The molecule has 0 atom stereocenters. The van der Waals surface area contributed by atoms with Gasteiger partial charge in [0, 0.05) is 25.0 Å². The van der Waals surface area contributed by atoms with Gasteiger partial charge in [0.2, 0.25) is 0 Å². The van der Waals surface area contributed by atoms with E-state index in [0.29, 0.717) is 22.6 Å². The van der Waals surface area contributed by atoms with Gasteiger partial charge in [0.25, 0.3) is 42.2 Å². The Hall–Kier alpha value is -3.62. The van der Waals surface area contributed by atoms with Crippen LogP contribution >= 0.6 is 0 Å². The van der Waals surface area contributed by atoms with Gasteiger partial charge in [-0.2, -0.15) is 25.3 Å². The number of amides is 2. The minimum absolute atomic E-state index is 0.0765. The number of rotatable bonds is 17. The Kier molecular flexibility index (Phi) is 12.8. The second-order valence-electron chi connectivity index (χ2n) is 10.8. The molecule has 256 valence electrons. The highest BCUT2D eigenvalue weighted by atomic mass is 32.2. The molecule has 2 rings (SSSR count). The second-order valence-corrected chi connectivity index (χ2v) is 15.5. The highest BCUT2D eigenvalue weighted by Crippen LogP contribution is 2.43. The zero-order valence-corrected chi connectivity index (χ0v) is 28.1. The Morgan fingerprint density at radius 1 is 0.804 bits per heavy atom. The van der Waals surface area contributed by atoms with Crippen LogP contribution in [0.1, 0.15) is 53.7 Å². The fourth-order valence-corrected chi connectivity index (χ4v) is 5.24. The highest BCUT2D eigenvalue weighted by molar-refractivity contribution is 7.86. The molecule has 6 N–H and O–H groups in total. The number of allylic oxidation sites excluding steroid dienone is 1. The van der Waals surface area contributed by atoms with Crippen molar-refractivity contribution >= 4 is 47.9 Å². The van der Waals surface area contributed by atoms with Gasteiger partial charge in [-0.1, -0.05) is 26.0 Å². The molecule has 0 radical (unpaired) electrons. The Bertz CT molecular complexity index is 1740. The smallest absolute Gasteiger partial charge is 0.269 e. The van der Waals surface area contributed by atoms with Gasteiger partial charge in [-0.05, 0) is 54.3 Å². The van der Waals surface area contributed by atoms with Crippen LogP contribution in [0.5, 0.6) is 5.75 Å². The van der Waals surface area contributed by atoms with Crippen LogP contribution in [0.2, 0.25) is 0 Å². The standard InChI is InChI=1S/C27H38N4O12S3/c1-17(2)27(3,4)20-13-18(16-23(43-5)24(20)28-7-6-10-44(34,35)36)19-14-21(25(32)29-8-11-45(37,38)39)31-22(15-19)26(33)30-9-12-46(40,41)42/h13-16,28H,1,6-12H2,2-5H3,(H,29,32)(H,30,33)(H,34,35,36)(H,37,38,39)(H,40,41,42). The van der Waals surface area contributed by atoms with Crippen LogP contribution in [-0.2, 0) is 35.8 Å². The van der Waals surface area contributed by atoms with Crippen LogP contribution in [-0.4, -0.2) is 99.7 Å². The van der Waals surface area contributed by atoms with E-state index in [-0.39, 0.29) is 29.9 Å². The number of aromatic nitrogens is 1. The molecule has 19 heteroatoms. The molecular weight excluding hydrogens is 669 g/mol. The molecule has 2 amide bonds. The van der Waals surface area contributed by atoms with Crippen molar-refractivity contribution in [1.29, 1.82) is 0 Å². The summed E-state index contributed by atoms with van der Waals surface area (Å²) in [7, 11) is -11.6. The Labute approximate surface area is 268 Å². The summed E-state index contributed by atoms with van der Waals surface area (Å²) in [5.74, 6) is -3.51. The van der Waals surface area contributed by atoms with Crippen molar-refractivity contribution in [3.8, 4) is 16.9 Å². The molecule has 0 aliphatic rings. The van der Waals surface area contributed by atoms with Crippen LogP contribution < -0.4 is 20.7 Å². The fraction of sp³-hybridized carbons (Fsp3) is 0.444. The van der Waals surface area contributed by atoms with Crippen molar-refractivity contribution in [2.24, 2.45) is 0 Å².